The highest BCUT2D eigenvalue weighted by molar-refractivity contribution is 5.81. The Balaban J connectivity index is 2.38. The first kappa shape index (κ1) is 14.8. The van der Waals surface area contributed by atoms with E-state index in [9.17, 15) is 13.6 Å². The second kappa shape index (κ2) is 6.26. The van der Waals surface area contributed by atoms with Crippen LogP contribution in [0.1, 0.15) is 12.5 Å². The Kier molecular flexibility index (Phi) is 4.42. The van der Waals surface area contributed by atoms with Gasteiger partial charge in [0.25, 0.3) is 0 Å². The molecule has 0 aliphatic heterocycles. The zero-order chi connectivity index (χ0) is 15.4. The first-order chi connectivity index (χ1) is 10.0. The van der Waals surface area contributed by atoms with Crippen LogP contribution in [0, 0.1) is 11.6 Å². The van der Waals surface area contributed by atoms with Crippen LogP contribution in [0.4, 0.5) is 8.78 Å². The van der Waals surface area contributed by atoms with Crippen molar-refractivity contribution >= 4 is 12.2 Å². The highest BCUT2D eigenvalue weighted by atomic mass is 19.1. The summed E-state index contributed by atoms with van der Waals surface area (Å²) in [5, 5.41) is 0. The molecule has 0 aliphatic rings. The van der Waals surface area contributed by atoms with E-state index in [1.54, 1.807) is 13.1 Å². The first-order valence-electron chi connectivity index (χ1n) is 6.21. The van der Waals surface area contributed by atoms with Gasteiger partial charge in [0.15, 0.2) is 0 Å². The molecule has 0 radical (unpaired) electrons. The Hall–Kier alpha value is -2.56. The molecule has 5 heteroatoms. The van der Waals surface area contributed by atoms with E-state index in [4.69, 9.17) is 4.74 Å². The van der Waals surface area contributed by atoms with E-state index in [1.807, 2.05) is 0 Å². The molecular weight excluding hydrogens is 276 g/mol. The number of nitrogens with zero attached hydrogens (tertiary/aromatic N) is 1. The predicted octanol–water partition coefficient (Wildman–Crippen LogP) is 3.61. The molecule has 2 rings (SSSR count). The molecule has 108 valence electrons. The van der Waals surface area contributed by atoms with Crippen LogP contribution in [-0.4, -0.2) is 19.2 Å². The quantitative estimate of drug-likeness (QED) is 0.492. The standard InChI is InChI=1S/C16H13F2NO2/c1-10(20)21-13-5-6-14(16(18)8-13)11-3-4-12(9-19-2)15(17)7-11/h3-9H,1-2H3. The average Bonchev–Trinajstić information content (AvgIpc) is 2.41. The molecule has 21 heavy (non-hydrogen) atoms. The number of carbonyl (C=O) groups excluding carboxylic acids is 1. The molecule has 0 spiro atoms. The third-order valence-electron chi connectivity index (χ3n) is 2.78. The molecule has 0 atom stereocenters. The van der Waals surface area contributed by atoms with Crippen LogP contribution in [0.3, 0.4) is 0 Å². The number of benzene rings is 2. The van der Waals surface area contributed by atoms with E-state index >= 15 is 0 Å². The molecule has 0 aromatic heterocycles. The van der Waals surface area contributed by atoms with Gasteiger partial charge >= 0.3 is 5.97 Å². The molecule has 2 aromatic rings. The summed E-state index contributed by atoms with van der Waals surface area (Å²) in [6.07, 6.45) is 1.39. The Bertz CT molecular complexity index is 711. The second-order valence-corrected chi connectivity index (χ2v) is 4.36. The van der Waals surface area contributed by atoms with Crippen LogP contribution in [-0.2, 0) is 4.79 Å². The van der Waals surface area contributed by atoms with Crippen LogP contribution in [0.15, 0.2) is 41.4 Å². The normalized spacial score (nSPS) is 10.9. The first-order valence-corrected chi connectivity index (χ1v) is 6.21. The smallest absolute Gasteiger partial charge is 0.308 e. The number of ether oxygens (including phenoxy) is 1. The third kappa shape index (κ3) is 3.51. The lowest BCUT2D eigenvalue weighted by Gasteiger charge is -2.07. The van der Waals surface area contributed by atoms with Crippen LogP contribution >= 0.6 is 0 Å². The SMILES string of the molecule is CN=Cc1ccc(-c2ccc(OC(C)=O)cc2F)cc1F. The molecular formula is C16H13F2NO2. The van der Waals surface area contributed by atoms with Crippen molar-refractivity contribution in [3.63, 3.8) is 0 Å². The highest BCUT2D eigenvalue weighted by Gasteiger charge is 2.10. The van der Waals surface area contributed by atoms with E-state index < -0.39 is 17.6 Å². The van der Waals surface area contributed by atoms with Crippen molar-refractivity contribution in [2.75, 3.05) is 7.05 Å². The van der Waals surface area contributed by atoms with Crippen molar-refractivity contribution in [1.29, 1.82) is 0 Å². The predicted molar refractivity (Wildman–Crippen MR) is 76.6 cm³/mol. The topological polar surface area (TPSA) is 38.7 Å². The van der Waals surface area contributed by atoms with E-state index in [-0.39, 0.29) is 11.3 Å². The summed E-state index contributed by atoms with van der Waals surface area (Å²) < 4.78 is 32.6. The van der Waals surface area contributed by atoms with Gasteiger partial charge in [0.2, 0.25) is 0 Å². The number of carbonyl (C=O) groups is 1. The third-order valence-corrected chi connectivity index (χ3v) is 2.78. The molecule has 0 fully saturated rings. The van der Waals surface area contributed by atoms with Gasteiger partial charge < -0.3 is 4.74 Å². The Morgan fingerprint density at radius 2 is 1.90 bits per heavy atom. The summed E-state index contributed by atoms with van der Waals surface area (Å²) in [7, 11) is 1.54. The van der Waals surface area contributed by atoms with Crippen LogP contribution in [0.5, 0.6) is 5.75 Å². The van der Waals surface area contributed by atoms with Crippen molar-refractivity contribution in [2.45, 2.75) is 6.92 Å². The fourth-order valence-electron chi connectivity index (χ4n) is 1.90. The molecule has 0 heterocycles. The van der Waals surface area contributed by atoms with E-state index in [0.29, 0.717) is 11.1 Å². The molecule has 0 unspecified atom stereocenters. The summed E-state index contributed by atoms with van der Waals surface area (Å²) in [6, 6.07) is 8.35. The number of hydrogen-bond donors (Lipinski definition) is 0. The summed E-state index contributed by atoms with van der Waals surface area (Å²) in [6.45, 7) is 1.23. The lowest BCUT2D eigenvalue weighted by atomic mass is 10.0. The van der Waals surface area contributed by atoms with Crippen molar-refractivity contribution in [3.05, 3.63) is 53.6 Å². The molecule has 0 saturated heterocycles. The molecule has 0 aliphatic carbocycles. The maximum Gasteiger partial charge on any atom is 0.308 e. The van der Waals surface area contributed by atoms with Gasteiger partial charge in [-0.15, -0.1) is 0 Å². The largest absolute Gasteiger partial charge is 0.427 e. The molecule has 3 nitrogen and oxygen atoms in total. The molecule has 0 bridgehead atoms. The minimum Gasteiger partial charge on any atom is -0.427 e. The van der Waals surface area contributed by atoms with E-state index in [2.05, 4.69) is 4.99 Å². The van der Waals surface area contributed by atoms with Gasteiger partial charge in [-0.2, -0.15) is 0 Å². The van der Waals surface area contributed by atoms with Crippen molar-refractivity contribution in [2.24, 2.45) is 4.99 Å². The Morgan fingerprint density at radius 1 is 1.14 bits per heavy atom. The summed E-state index contributed by atoms with van der Waals surface area (Å²) in [5.41, 5.74) is 0.954. The Morgan fingerprint density at radius 3 is 2.48 bits per heavy atom. The van der Waals surface area contributed by atoms with Crippen molar-refractivity contribution in [3.8, 4) is 16.9 Å². The van der Waals surface area contributed by atoms with Gasteiger partial charge in [0, 0.05) is 37.4 Å². The minimum atomic E-state index is -0.593. The number of esters is 1. The van der Waals surface area contributed by atoms with Gasteiger partial charge in [0.05, 0.1) is 0 Å². The maximum atomic E-state index is 14.0. The van der Waals surface area contributed by atoms with E-state index in [1.165, 1.54) is 37.4 Å². The van der Waals surface area contributed by atoms with Crippen molar-refractivity contribution < 1.29 is 18.3 Å². The fraction of sp³-hybridized carbons (Fsp3) is 0.125. The number of hydrogen-bond acceptors (Lipinski definition) is 3. The summed E-state index contributed by atoms with van der Waals surface area (Å²) in [4.78, 5) is 14.6. The van der Waals surface area contributed by atoms with Gasteiger partial charge in [0.1, 0.15) is 17.4 Å². The van der Waals surface area contributed by atoms with Crippen molar-refractivity contribution in [1.82, 2.24) is 0 Å². The molecule has 2 aromatic carbocycles. The molecule has 0 saturated carbocycles. The molecule has 0 amide bonds. The lowest BCUT2D eigenvalue weighted by Crippen LogP contribution is -2.01. The van der Waals surface area contributed by atoms with Crippen LogP contribution < -0.4 is 4.74 Å². The van der Waals surface area contributed by atoms with Gasteiger partial charge in [-0.3, -0.25) is 9.79 Å². The number of halogens is 2. The van der Waals surface area contributed by atoms with Gasteiger partial charge in [-0.05, 0) is 29.8 Å². The zero-order valence-corrected chi connectivity index (χ0v) is 11.6. The van der Waals surface area contributed by atoms with Crippen LogP contribution in [0.2, 0.25) is 0 Å². The number of aliphatic imine (C=N–C) groups is 1. The van der Waals surface area contributed by atoms with Crippen LogP contribution in [0.25, 0.3) is 11.1 Å². The van der Waals surface area contributed by atoms with Gasteiger partial charge in [-0.1, -0.05) is 6.07 Å². The molecule has 0 N–H and O–H groups in total. The fourth-order valence-corrected chi connectivity index (χ4v) is 1.90. The zero-order valence-electron chi connectivity index (χ0n) is 11.6. The number of rotatable bonds is 3. The minimum absolute atomic E-state index is 0.110. The van der Waals surface area contributed by atoms with E-state index in [0.717, 1.165) is 6.07 Å². The second-order valence-electron chi connectivity index (χ2n) is 4.36. The maximum absolute atomic E-state index is 14.0. The monoisotopic (exact) mass is 289 g/mol. The summed E-state index contributed by atoms with van der Waals surface area (Å²) in [5.74, 6) is -1.50. The average molecular weight is 289 g/mol. The highest BCUT2D eigenvalue weighted by Crippen LogP contribution is 2.27. The van der Waals surface area contributed by atoms with Gasteiger partial charge in [-0.25, -0.2) is 8.78 Å². The lowest BCUT2D eigenvalue weighted by molar-refractivity contribution is -0.131. The Labute approximate surface area is 120 Å². The summed E-state index contributed by atoms with van der Waals surface area (Å²) >= 11 is 0.